The van der Waals surface area contributed by atoms with E-state index in [1.165, 1.54) is 51.6 Å². The molecule has 100 valence electrons. The average molecular weight is 238 g/mol. The topological polar surface area (TPSA) is 29.3 Å². The Hall–Kier alpha value is -0.0800. The monoisotopic (exact) mass is 238 g/mol. The summed E-state index contributed by atoms with van der Waals surface area (Å²) in [5, 5.41) is 0. The maximum atomic E-state index is 6.28. The molecule has 0 unspecified atom stereocenters. The number of piperidine rings is 1. The molecule has 17 heavy (non-hydrogen) atoms. The molecule has 1 heterocycles. The molecule has 0 spiro atoms. The van der Waals surface area contributed by atoms with Gasteiger partial charge in [0.25, 0.3) is 0 Å². The van der Waals surface area contributed by atoms with E-state index in [4.69, 9.17) is 5.73 Å². The van der Waals surface area contributed by atoms with Crippen LogP contribution < -0.4 is 5.73 Å². The summed E-state index contributed by atoms with van der Waals surface area (Å²) >= 11 is 0. The quantitative estimate of drug-likeness (QED) is 0.816. The molecule has 1 aliphatic heterocycles. The zero-order valence-corrected chi connectivity index (χ0v) is 11.7. The van der Waals surface area contributed by atoms with Crippen LogP contribution in [0.15, 0.2) is 0 Å². The second-order valence-corrected chi connectivity index (χ2v) is 6.40. The molecule has 1 aliphatic carbocycles. The maximum absolute atomic E-state index is 6.28. The lowest BCUT2D eigenvalue weighted by Gasteiger charge is -2.42. The van der Waals surface area contributed by atoms with E-state index in [-0.39, 0.29) is 0 Å². The predicted octanol–water partition coefficient (Wildman–Crippen LogP) is 2.87. The van der Waals surface area contributed by atoms with Gasteiger partial charge in [-0.15, -0.1) is 0 Å². The standard InChI is InChI=1S/C15H30N2/c1-3-12(2)15(16)11-17-9-8-13-6-4-5-7-14(13)10-17/h12-15H,3-11,16H2,1-2H3/t12-,13-,14+,15+/m0/s1. The highest BCUT2D eigenvalue weighted by atomic mass is 15.1. The second-order valence-electron chi connectivity index (χ2n) is 6.40. The molecule has 0 bridgehead atoms. The third-order valence-corrected chi connectivity index (χ3v) is 5.22. The molecule has 2 N–H and O–H groups in total. The molecule has 1 saturated carbocycles. The van der Waals surface area contributed by atoms with Crippen molar-refractivity contribution in [2.75, 3.05) is 19.6 Å². The zero-order chi connectivity index (χ0) is 12.3. The fourth-order valence-corrected chi connectivity index (χ4v) is 3.62. The number of likely N-dealkylation sites (tertiary alicyclic amines) is 1. The lowest BCUT2D eigenvalue weighted by molar-refractivity contribution is 0.0785. The van der Waals surface area contributed by atoms with E-state index < -0.39 is 0 Å². The van der Waals surface area contributed by atoms with Crippen LogP contribution in [-0.2, 0) is 0 Å². The molecule has 1 saturated heterocycles. The van der Waals surface area contributed by atoms with Gasteiger partial charge in [-0.05, 0) is 37.1 Å². The van der Waals surface area contributed by atoms with Crippen molar-refractivity contribution < 1.29 is 0 Å². The Morgan fingerprint density at radius 2 is 1.88 bits per heavy atom. The van der Waals surface area contributed by atoms with Crippen molar-refractivity contribution in [1.82, 2.24) is 4.90 Å². The van der Waals surface area contributed by atoms with Crippen molar-refractivity contribution in [3.8, 4) is 0 Å². The number of rotatable bonds is 4. The highest BCUT2D eigenvalue weighted by Crippen LogP contribution is 2.36. The first-order valence-corrected chi connectivity index (χ1v) is 7.68. The Balaban J connectivity index is 1.79. The minimum atomic E-state index is 0.375. The molecule has 0 aromatic carbocycles. The van der Waals surface area contributed by atoms with E-state index in [0.717, 1.165) is 18.4 Å². The van der Waals surface area contributed by atoms with E-state index in [0.29, 0.717) is 12.0 Å². The summed E-state index contributed by atoms with van der Waals surface area (Å²) in [6, 6.07) is 0.375. The van der Waals surface area contributed by atoms with Crippen molar-refractivity contribution in [2.45, 2.75) is 58.4 Å². The minimum absolute atomic E-state index is 0.375. The molecule has 2 aliphatic rings. The van der Waals surface area contributed by atoms with Crippen LogP contribution in [0.5, 0.6) is 0 Å². The summed E-state index contributed by atoms with van der Waals surface area (Å²) in [7, 11) is 0. The fourth-order valence-electron chi connectivity index (χ4n) is 3.62. The molecule has 2 fully saturated rings. The SMILES string of the molecule is CC[C@H](C)[C@H](N)CN1CC[C@@H]2CCCC[C@@H]2C1. The van der Waals surface area contributed by atoms with Crippen molar-refractivity contribution in [2.24, 2.45) is 23.5 Å². The number of fused-ring (bicyclic) bond motifs is 1. The number of nitrogens with two attached hydrogens (primary N) is 1. The van der Waals surface area contributed by atoms with Gasteiger partial charge in [-0.2, -0.15) is 0 Å². The number of hydrogen-bond donors (Lipinski definition) is 1. The van der Waals surface area contributed by atoms with Crippen molar-refractivity contribution in [3.05, 3.63) is 0 Å². The van der Waals surface area contributed by atoms with Crippen LogP contribution in [0.25, 0.3) is 0 Å². The Morgan fingerprint density at radius 3 is 2.59 bits per heavy atom. The normalized spacial score (nSPS) is 34.1. The summed E-state index contributed by atoms with van der Waals surface area (Å²) in [5.41, 5.74) is 6.28. The van der Waals surface area contributed by atoms with Gasteiger partial charge >= 0.3 is 0 Å². The van der Waals surface area contributed by atoms with E-state index in [2.05, 4.69) is 18.7 Å². The highest BCUT2D eigenvalue weighted by molar-refractivity contribution is 4.85. The second kappa shape index (κ2) is 6.19. The molecule has 2 nitrogen and oxygen atoms in total. The van der Waals surface area contributed by atoms with Crippen LogP contribution in [0.2, 0.25) is 0 Å². The Morgan fingerprint density at radius 1 is 1.18 bits per heavy atom. The van der Waals surface area contributed by atoms with Crippen molar-refractivity contribution in [1.29, 1.82) is 0 Å². The first-order chi connectivity index (χ1) is 8.20. The summed E-state index contributed by atoms with van der Waals surface area (Å²) < 4.78 is 0. The molecule has 0 aromatic heterocycles. The third-order valence-electron chi connectivity index (χ3n) is 5.22. The van der Waals surface area contributed by atoms with Crippen LogP contribution in [0.1, 0.15) is 52.4 Å². The van der Waals surface area contributed by atoms with Gasteiger partial charge in [-0.25, -0.2) is 0 Å². The Kier molecular flexibility index (Phi) is 4.87. The maximum Gasteiger partial charge on any atom is 0.0193 e. The fraction of sp³-hybridized carbons (Fsp3) is 1.00. The van der Waals surface area contributed by atoms with Crippen molar-refractivity contribution in [3.63, 3.8) is 0 Å². The average Bonchev–Trinajstić information content (AvgIpc) is 2.37. The molecule has 0 aromatic rings. The largest absolute Gasteiger partial charge is 0.326 e. The van der Waals surface area contributed by atoms with Gasteiger partial charge in [0.15, 0.2) is 0 Å². The summed E-state index contributed by atoms with van der Waals surface area (Å²) in [6.07, 6.45) is 8.55. The minimum Gasteiger partial charge on any atom is -0.326 e. The molecule has 2 rings (SSSR count). The summed E-state index contributed by atoms with van der Waals surface area (Å²) in [5.74, 6) is 2.69. The lowest BCUT2D eigenvalue weighted by atomic mass is 9.75. The molecular weight excluding hydrogens is 208 g/mol. The summed E-state index contributed by atoms with van der Waals surface area (Å²) in [6.45, 7) is 8.29. The number of hydrogen-bond acceptors (Lipinski definition) is 2. The van der Waals surface area contributed by atoms with Crippen LogP contribution in [-0.4, -0.2) is 30.6 Å². The van der Waals surface area contributed by atoms with Crippen LogP contribution in [0.3, 0.4) is 0 Å². The van der Waals surface area contributed by atoms with Crippen LogP contribution in [0.4, 0.5) is 0 Å². The third kappa shape index (κ3) is 3.45. The Labute approximate surface area is 107 Å². The Bertz CT molecular complexity index is 227. The van der Waals surface area contributed by atoms with Crippen LogP contribution in [0, 0.1) is 17.8 Å². The van der Waals surface area contributed by atoms with Gasteiger partial charge in [0, 0.05) is 19.1 Å². The first kappa shape index (κ1) is 13.4. The van der Waals surface area contributed by atoms with E-state index in [1.807, 2.05) is 0 Å². The van der Waals surface area contributed by atoms with E-state index >= 15 is 0 Å². The lowest BCUT2D eigenvalue weighted by Crippen LogP contribution is -2.48. The highest BCUT2D eigenvalue weighted by Gasteiger charge is 2.31. The van der Waals surface area contributed by atoms with Gasteiger partial charge < -0.3 is 10.6 Å². The predicted molar refractivity (Wildman–Crippen MR) is 73.9 cm³/mol. The molecule has 0 amide bonds. The molecule has 4 atom stereocenters. The van der Waals surface area contributed by atoms with E-state index in [9.17, 15) is 0 Å². The van der Waals surface area contributed by atoms with Gasteiger partial charge in [-0.1, -0.05) is 39.5 Å². The summed E-state index contributed by atoms with van der Waals surface area (Å²) in [4.78, 5) is 2.64. The zero-order valence-electron chi connectivity index (χ0n) is 11.7. The van der Waals surface area contributed by atoms with Gasteiger partial charge in [0.1, 0.15) is 0 Å². The number of nitrogens with zero attached hydrogens (tertiary/aromatic N) is 1. The smallest absolute Gasteiger partial charge is 0.0193 e. The molecule has 2 heteroatoms. The van der Waals surface area contributed by atoms with Gasteiger partial charge in [0.05, 0.1) is 0 Å². The first-order valence-electron chi connectivity index (χ1n) is 7.68. The van der Waals surface area contributed by atoms with Gasteiger partial charge in [-0.3, -0.25) is 0 Å². The van der Waals surface area contributed by atoms with Crippen molar-refractivity contribution >= 4 is 0 Å². The molecular formula is C15H30N2. The van der Waals surface area contributed by atoms with Gasteiger partial charge in [0.2, 0.25) is 0 Å². The molecule has 0 radical (unpaired) electrons. The van der Waals surface area contributed by atoms with Crippen LogP contribution >= 0.6 is 0 Å². The van der Waals surface area contributed by atoms with E-state index in [1.54, 1.807) is 0 Å².